The number of allylic oxidation sites excluding steroid dienone is 1. The lowest BCUT2D eigenvalue weighted by Gasteiger charge is -2.30. The van der Waals surface area contributed by atoms with E-state index in [1.807, 2.05) is 30.4 Å². The zero-order valence-electron chi connectivity index (χ0n) is 26.7. The summed E-state index contributed by atoms with van der Waals surface area (Å²) < 4.78 is 11.3. The van der Waals surface area contributed by atoms with Gasteiger partial charge in [-0.15, -0.1) is 0 Å². The van der Waals surface area contributed by atoms with E-state index in [1.54, 1.807) is 25.7 Å². The summed E-state index contributed by atoms with van der Waals surface area (Å²) in [4.78, 5) is 69.5. The van der Waals surface area contributed by atoms with Crippen LogP contribution in [0.3, 0.4) is 0 Å². The molecule has 0 spiro atoms. The Balaban J connectivity index is 1.36. The monoisotopic (exact) mass is 657 g/mol. The number of nitrogens with zero attached hydrogens (tertiary/aromatic N) is 2. The van der Waals surface area contributed by atoms with E-state index in [-0.39, 0.29) is 18.9 Å². The number of ether oxygens (including phenoxy) is 2. The van der Waals surface area contributed by atoms with Crippen LogP contribution in [0.2, 0.25) is 5.02 Å². The molecule has 4 N–H and O–H groups in total. The molecule has 250 valence electrons. The van der Waals surface area contributed by atoms with Gasteiger partial charge in [0.15, 0.2) is 0 Å². The van der Waals surface area contributed by atoms with Gasteiger partial charge in [-0.1, -0.05) is 42.7 Å². The van der Waals surface area contributed by atoms with Crippen LogP contribution < -0.4 is 16.4 Å². The molecular formula is C33H44ClN5O7. The van der Waals surface area contributed by atoms with Crippen molar-refractivity contribution in [2.75, 3.05) is 13.1 Å². The van der Waals surface area contributed by atoms with Gasteiger partial charge in [-0.05, 0) is 76.1 Å². The number of halogens is 1. The molecule has 3 aliphatic heterocycles. The van der Waals surface area contributed by atoms with Crippen LogP contribution in [0.1, 0.15) is 76.8 Å². The zero-order chi connectivity index (χ0) is 33.2. The first-order valence-corrected chi connectivity index (χ1v) is 16.4. The number of nitrogens with one attached hydrogen (secondary N) is 2. The van der Waals surface area contributed by atoms with Gasteiger partial charge in [0.25, 0.3) is 0 Å². The van der Waals surface area contributed by atoms with Crippen LogP contribution in [0.15, 0.2) is 30.4 Å². The highest BCUT2D eigenvalue weighted by atomic mass is 35.5. The Labute approximate surface area is 274 Å². The Morgan fingerprint density at radius 2 is 1.91 bits per heavy atom. The number of carbonyl (C=O) groups is 5. The van der Waals surface area contributed by atoms with Crippen molar-refractivity contribution < 1.29 is 33.4 Å². The van der Waals surface area contributed by atoms with Crippen LogP contribution >= 0.6 is 11.6 Å². The number of hydrogen-bond acceptors (Lipinski definition) is 7. The van der Waals surface area contributed by atoms with Crippen molar-refractivity contribution in [1.29, 1.82) is 0 Å². The fourth-order valence-corrected chi connectivity index (χ4v) is 6.74. The first kappa shape index (κ1) is 33.6. The predicted molar refractivity (Wildman–Crippen MR) is 170 cm³/mol. The molecule has 46 heavy (non-hydrogen) atoms. The molecule has 1 aliphatic carbocycles. The van der Waals surface area contributed by atoms with Crippen molar-refractivity contribution in [2.24, 2.45) is 11.7 Å². The molecule has 1 aromatic rings. The lowest BCUT2D eigenvalue weighted by atomic mass is 10.0. The highest BCUT2D eigenvalue weighted by Gasteiger charge is 2.60. The number of carbonyl (C=O) groups excluding carboxylic acids is 5. The maximum absolute atomic E-state index is 14.1. The summed E-state index contributed by atoms with van der Waals surface area (Å²) in [6, 6.07) is 3.58. The molecule has 5 amide bonds. The largest absolute Gasteiger partial charge is 0.444 e. The van der Waals surface area contributed by atoms with Gasteiger partial charge in [-0.2, -0.15) is 0 Å². The molecule has 5 rings (SSSR count). The number of hydrogen-bond donors (Lipinski definition) is 3. The van der Waals surface area contributed by atoms with Crippen LogP contribution in [0, 0.1) is 5.92 Å². The van der Waals surface area contributed by atoms with Gasteiger partial charge in [0.1, 0.15) is 29.3 Å². The fraction of sp³-hybridized carbons (Fsp3) is 0.606. The summed E-state index contributed by atoms with van der Waals surface area (Å²) in [6.07, 6.45) is 6.26. The molecule has 2 fully saturated rings. The average Bonchev–Trinajstić information content (AvgIpc) is 3.51. The van der Waals surface area contributed by atoms with E-state index in [0.29, 0.717) is 43.8 Å². The Bertz CT molecular complexity index is 1410. The second-order valence-electron chi connectivity index (χ2n) is 13.7. The molecular weight excluding hydrogens is 614 g/mol. The highest BCUT2D eigenvalue weighted by Crippen LogP contribution is 2.45. The maximum Gasteiger partial charge on any atom is 0.410 e. The van der Waals surface area contributed by atoms with Crippen molar-refractivity contribution in [2.45, 2.75) is 108 Å². The van der Waals surface area contributed by atoms with Crippen molar-refractivity contribution in [3.8, 4) is 0 Å². The molecule has 3 heterocycles. The molecule has 0 unspecified atom stereocenters. The van der Waals surface area contributed by atoms with Crippen molar-refractivity contribution >= 4 is 41.5 Å². The van der Waals surface area contributed by atoms with E-state index in [2.05, 4.69) is 10.6 Å². The molecule has 12 nitrogen and oxygen atoms in total. The first-order valence-electron chi connectivity index (χ1n) is 16.1. The van der Waals surface area contributed by atoms with Gasteiger partial charge in [-0.3, -0.25) is 14.4 Å². The third-order valence-corrected chi connectivity index (χ3v) is 9.31. The van der Waals surface area contributed by atoms with Gasteiger partial charge in [0.05, 0.1) is 6.54 Å². The van der Waals surface area contributed by atoms with E-state index in [1.165, 1.54) is 4.90 Å². The number of amides is 5. The summed E-state index contributed by atoms with van der Waals surface area (Å²) in [5.41, 5.74) is 5.79. The van der Waals surface area contributed by atoms with E-state index in [9.17, 15) is 24.0 Å². The molecule has 1 saturated carbocycles. The lowest BCUT2D eigenvalue weighted by Crippen LogP contribution is -2.57. The van der Waals surface area contributed by atoms with E-state index < -0.39 is 59.2 Å². The number of rotatable bonds is 3. The van der Waals surface area contributed by atoms with Crippen LogP contribution in [-0.2, 0) is 36.8 Å². The van der Waals surface area contributed by atoms with Crippen LogP contribution in [0.5, 0.6) is 0 Å². The SMILES string of the molecule is CC(C)(C)OC(=O)N[C@H]1CCCCC/C=C\[C@@H]2C[C@@]2(C(N)=O)NC(=O)[C@@H]2C[C@@H](OC(=O)N3CCc4ccc(Cl)cc4C3)CN2C1=O. The summed E-state index contributed by atoms with van der Waals surface area (Å²) >= 11 is 6.18. The van der Waals surface area contributed by atoms with Crippen LogP contribution in [0.4, 0.5) is 9.59 Å². The lowest BCUT2D eigenvalue weighted by molar-refractivity contribution is -0.141. The third-order valence-electron chi connectivity index (χ3n) is 9.08. The van der Waals surface area contributed by atoms with Crippen LogP contribution in [-0.4, -0.2) is 82.1 Å². The van der Waals surface area contributed by atoms with Crippen molar-refractivity contribution in [1.82, 2.24) is 20.4 Å². The zero-order valence-corrected chi connectivity index (χ0v) is 27.4. The van der Waals surface area contributed by atoms with Gasteiger partial charge in [-0.25, -0.2) is 9.59 Å². The minimum Gasteiger partial charge on any atom is -0.444 e. The summed E-state index contributed by atoms with van der Waals surface area (Å²) in [5, 5.41) is 6.12. The number of benzene rings is 1. The van der Waals surface area contributed by atoms with E-state index in [0.717, 1.165) is 30.4 Å². The van der Waals surface area contributed by atoms with Gasteiger partial charge >= 0.3 is 12.2 Å². The maximum atomic E-state index is 14.1. The standard InChI is InChI=1S/C33H44ClN5O7/c1-32(2,3)46-30(43)36-25-10-8-6-4-5-7-9-22-17-33(22,29(35)42)37-27(40)26-16-24(19-39(26)28(25)41)45-31(44)38-14-13-20-11-12-23(34)15-21(20)18-38/h7,9,11-12,15,22,24-26H,4-6,8,10,13-14,16-19H2,1-3H3,(H2,35,42)(H,36,43)(H,37,40)/b9-7-/t22-,24-,25+,26+,33-/m1/s1. The Kier molecular flexibility index (Phi) is 9.86. The van der Waals surface area contributed by atoms with Crippen molar-refractivity contribution in [3.63, 3.8) is 0 Å². The smallest absolute Gasteiger partial charge is 0.410 e. The van der Waals surface area contributed by atoms with E-state index in [4.69, 9.17) is 26.8 Å². The summed E-state index contributed by atoms with van der Waals surface area (Å²) in [6.45, 7) is 5.91. The summed E-state index contributed by atoms with van der Waals surface area (Å²) in [7, 11) is 0. The Morgan fingerprint density at radius 1 is 1.13 bits per heavy atom. The molecule has 0 aromatic heterocycles. The number of alkyl carbamates (subject to hydrolysis) is 1. The Morgan fingerprint density at radius 3 is 2.65 bits per heavy atom. The normalized spacial score (nSPS) is 29.1. The fourth-order valence-electron chi connectivity index (χ4n) is 6.54. The predicted octanol–water partition coefficient (Wildman–Crippen LogP) is 3.58. The molecule has 0 bridgehead atoms. The molecule has 13 heteroatoms. The number of nitrogens with two attached hydrogens (primary N) is 1. The third kappa shape index (κ3) is 7.76. The topological polar surface area (TPSA) is 160 Å². The quantitative estimate of drug-likeness (QED) is 0.419. The average molecular weight is 658 g/mol. The molecule has 5 atom stereocenters. The van der Waals surface area contributed by atoms with Gasteiger partial charge < -0.3 is 35.6 Å². The molecule has 4 aliphatic rings. The number of fused-ring (bicyclic) bond motifs is 3. The van der Waals surface area contributed by atoms with E-state index >= 15 is 0 Å². The highest BCUT2D eigenvalue weighted by molar-refractivity contribution is 6.30. The minimum absolute atomic E-state index is 0.0219. The summed E-state index contributed by atoms with van der Waals surface area (Å²) in [5.74, 6) is -1.93. The number of primary amides is 1. The van der Waals surface area contributed by atoms with Crippen LogP contribution in [0.25, 0.3) is 0 Å². The molecule has 0 radical (unpaired) electrons. The molecule has 1 saturated heterocycles. The van der Waals surface area contributed by atoms with Crippen molar-refractivity contribution in [3.05, 3.63) is 46.5 Å². The first-order chi connectivity index (χ1) is 21.8. The van der Waals surface area contributed by atoms with Gasteiger partial charge in [0, 0.05) is 30.5 Å². The van der Waals surface area contributed by atoms with Gasteiger partial charge in [0.2, 0.25) is 17.7 Å². The second-order valence-corrected chi connectivity index (χ2v) is 14.2. The minimum atomic E-state index is -1.24. The Hall–Kier alpha value is -3.80. The molecule has 1 aromatic carbocycles. The second kappa shape index (κ2) is 13.5.